The lowest BCUT2D eigenvalue weighted by atomic mass is 10.1. The lowest BCUT2D eigenvalue weighted by Gasteiger charge is -2.32. The highest BCUT2D eigenvalue weighted by molar-refractivity contribution is 5.95. The van der Waals surface area contributed by atoms with E-state index < -0.39 is 6.17 Å². The average Bonchev–Trinajstić information content (AvgIpc) is 2.55. The minimum atomic E-state index is -0.600. The molecule has 3 rings (SSSR count). The predicted octanol–water partition coefficient (Wildman–Crippen LogP) is 2.01. The van der Waals surface area contributed by atoms with Crippen LogP contribution in [0.3, 0.4) is 0 Å². The Morgan fingerprint density at radius 1 is 1.00 bits per heavy atom. The van der Waals surface area contributed by atoms with Crippen molar-refractivity contribution in [2.45, 2.75) is 12.6 Å². The third kappa shape index (κ3) is 3.31. The van der Waals surface area contributed by atoms with Gasteiger partial charge in [-0.25, -0.2) is 9.38 Å². The van der Waals surface area contributed by atoms with Gasteiger partial charge in [-0.05, 0) is 18.1 Å². The highest BCUT2D eigenvalue weighted by Gasteiger charge is 2.27. The Labute approximate surface area is 134 Å². The van der Waals surface area contributed by atoms with Crippen LogP contribution in [0.15, 0.2) is 64.6 Å². The van der Waals surface area contributed by atoms with Crippen LogP contribution in [0.2, 0.25) is 0 Å². The largest absolute Gasteiger partial charge is 0.369 e. The Bertz CT molecular complexity index is 742. The summed E-state index contributed by atoms with van der Waals surface area (Å²) in [5, 5.41) is 0. The van der Waals surface area contributed by atoms with Gasteiger partial charge in [0.1, 0.15) is 5.82 Å². The Morgan fingerprint density at radius 2 is 1.70 bits per heavy atom. The predicted molar refractivity (Wildman–Crippen MR) is 89.2 cm³/mol. The third-order valence-corrected chi connectivity index (χ3v) is 3.74. The van der Waals surface area contributed by atoms with Crippen molar-refractivity contribution in [1.82, 2.24) is 4.90 Å². The normalized spacial score (nSPS) is 17.6. The van der Waals surface area contributed by atoms with Gasteiger partial charge in [-0.2, -0.15) is 4.99 Å². The van der Waals surface area contributed by atoms with Gasteiger partial charge in [0.05, 0.1) is 0 Å². The maximum Gasteiger partial charge on any atom is 0.220 e. The summed E-state index contributed by atoms with van der Waals surface area (Å²) in [7, 11) is 0. The Kier molecular flexibility index (Phi) is 4.23. The Hall–Kier alpha value is -2.89. The van der Waals surface area contributed by atoms with Gasteiger partial charge in [-0.15, -0.1) is 0 Å². The number of aliphatic imine (C=N–C) groups is 2. The summed E-state index contributed by atoms with van der Waals surface area (Å²) in [6.07, 6.45) is 0.148. The molecular weight excluding hydrogens is 293 g/mol. The zero-order valence-corrected chi connectivity index (χ0v) is 12.6. The van der Waals surface area contributed by atoms with E-state index in [1.54, 1.807) is 23.1 Å². The molecule has 0 spiro atoms. The van der Waals surface area contributed by atoms with Crippen molar-refractivity contribution < 1.29 is 4.39 Å². The molecule has 2 aromatic carbocycles. The molecule has 1 atom stereocenters. The Morgan fingerprint density at radius 3 is 2.43 bits per heavy atom. The van der Waals surface area contributed by atoms with Crippen LogP contribution in [0.5, 0.6) is 0 Å². The number of halogens is 1. The first-order valence-corrected chi connectivity index (χ1v) is 7.37. The lowest BCUT2D eigenvalue weighted by molar-refractivity contribution is 0.312. The van der Waals surface area contributed by atoms with E-state index in [0.29, 0.717) is 12.1 Å². The molecule has 6 heteroatoms. The van der Waals surface area contributed by atoms with Crippen molar-refractivity contribution in [3.63, 3.8) is 0 Å². The van der Waals surface area contributed by atoms with Gasteiger partial charge in [-0.1, -0.05) is 48.5 Å². The van der Waals surface area contributed by atoms with Crippen molar-refractivity contribution in [3.05, 3.63) is 71.5 Å². The van der Waals surface area contributed by atoms with E-state index in [1.807, 2.05) is 30.3 Å². The van der Waals surface area contributed by atoms with Gasteiger partial charge in [0.2, 0.25) is 11.9 Å². The SMILES string of the molecule is NC1=NC(c2ccccc2F)N(CCc2ccccc2)C(N)=N1. The van der Waals surface area contributed by atoms with Crippen LogP contribution >= 0.6 is 0 Å². The second-order valence-corrected chi connectivity index (χ2v) is 5.28. The highest BCUT2D eigenvalue weighted by Crippen LogP contribution is 2.27. The maximum atomic E-state index is 14.1. The molecule has 1 aliphatic heterocycles. The van der Waals surface area contributed by atoms with E-state index in [9.17, 15) is 4.39 Å². The molecule has 0 saturated carbocycles. The Balaban J connectivity index is 1.86. The summed E-state index contributed by atoms with van der Waals surface area (Å²) in [4.78, 5) is 10.0. The smallest absolute Gasteiger partial charge is 0.220 e. The minimum Gasteiger partial charge on any atom is -0.369 e. The van der Waals surface area contributed by atoms with Gasteiger partial charge in [0.15, 0.2) is 6.17 Å². The van der Waals surface area contributed by atoms with E-state index in [4.69, 9.17) is 11.5 Å². The summed E-state index contributed by atoms with van der Waals surface area (Å²) in [6, 6.07) is 16.5. The molecule has 23 heavy (non-hydrogen) atoms. The molecule has 1 heterocycles. The van der Waals surface area contributed by atoms with E-state index in [0.717, 1.165) is 12.0 Å². The number of benzene rings is 2. The van der Waals surface area contributed by atoms with Crippen molar-refractivity contribution in [2.75, 3.05) is 6.54 Å². The number of hydrogen-bond acceptors (Lipinski definition) is 5. The summed E-state index contributed by atoms with van der Waals surface area (Å²) < 4.78 is 14.1. The average molecular weight is 311 g/mol. The van der Waals surface area contributed by atoms with Crippen LogP contribution in [0, 0.1) is 5.82 Å². The maximum absolute atomic E-state index is 14.1. The lowest BCUT2D eigenvalue weighted by Crippen LogP contribution is -2.45. The van der Waals surface area contributed by atoms with Crippen LogP contribution < -0.4 is 11.5 Å². The molecule has 0 fully saturated rings. The van der Waals surface area contributed by atoms with Crippen molar-refractivity contribution >= 4 is 11.9 Å². The fraction of sp³-hybridized carbons (Fsp3) is 0.176. The highest BCUT2D eigenvalue weighted by atomic mass is 19.1. The summed E-state index contributed by atoms with van der Waals surface area (Å²) in [5.41, 5.74) is 13.3. The van der Waals surface area contributed by atoms with Gasteiger partial charge in [0, 0.05) is 12.1 Å². The number of rotatable bonds is 4. The first-order chi connectivity index (χ1) is 11.1. The second kappa shape index (κ2) is 6.48. The summed E-state index contributed by atoms with van der Waals surface area (Å²) >= 11 is 0. The monoisotopic (exact) mass is 311 g/mol. The second-order valence-electron chi connectivity index (χ2n) is 5.28. The zero-order chi connectivity index (χ0) is 16.2. The molecule has 1 unspecified atom stereocenters. The molecular formula is C17H18FN5. The molecule has 0 aliphatic carbocycles. The molecule has 1 aliphatic rings. The van der Waals surface area contributed by atoms with E-state index in [2.05, 4.69) is 9.98 Å². The molecule has 118 valence electrons. The first kappa shape index (κ1) is 15.0. The molecule has 0 bridgehead atoms. The van der Waals surface area contributed by atoms with Crippen LogP contribution in [-0.4, -0.2) is 23.4 Å². The molecule has 5 nitrogen and oxygen atoms in total. The summed E-state index contributed by atoms with van der Waals surface area (Å²) in [6.45, 7) is 0.565. The quantitative estimate of drug-likeness (QED) is 0.906. The number of nitrogens with zero attached hydrogens (tertiary/aromatic N) is 3. The van der Waals surface area contributed by atoms with Crippen LogP contribution in [-0.2, 0) is 6.42 Å². The number of guanidine groups is 2. The fourth-order valence-electron chi connectivity index (χ4n) is 2.58. The molecule has 0 radical (unpaired) electrons. The first-order valence-electron chi connectivity index (χ1n) is 7.37. The van der Waals surface area contributed by atoms with Gasteiger partial charge in [0.25, 0.3) is 0 Å². The van der Waals surface area contributed by atoms with Crippen LogP contribution in [0.25, 0.3) is 0 Å². The van der Waals surface area contributed by atoms with Crippen molar-refractivity contribution in [3.8, 4) is 0 Å². The molecule has 0 aromatic heterocycles. The third-order valence-electron chi connectivity index (χ3n) is 3.74. The van der Waals surface area contributed by atoms with Gasteiger partial charge >= 0.3 is 0 Å². The van der Waals surface area contributed by atoms with Crippen LogP contribution in [0.4, 0.5) is 4.39 Å². The molecule has 2 aromatic rings. The molecule has 0 amide bonds. The standard InChI is InChI=1S/C17H18FN5/c18-14-9-5-4-8-13(14)15-21-16(19)22-17(20)23(15)11-10-12-6-2-1-3-7-12/h1-9,15H,10-11H2,(H4,19,20,21,22). The van der Waals surface area contributed by atoms with Crippen molar-refractivity contribution in [1.29, 1.82) is 0 Å². The molecule has 0 saturated heterocycles. The topological polar surface area (TPSA) is 80.0 Å². The van der Waals surface area contributed by atoms with E-state index >= 15 is 0 Å². The van der Waals surface area contributed by atoms with Gasteiger partial charge < -0.3 is 16.4 Å². The van der Waals surface area contributed by atoms with Crippen molar-refractivity contribution in [2.24, 2.45) is 21.5 Å². The van der Waals surface area contributed by atoms with Crippen LogP contribution in [0.1, 0.15) is 17.3 Å². The minimum absolute atomic E-state index is 0.0618. The fourth-order valence-corrected chi connectivity index (χ4v) is 2.58. The number of hydrogen-bond donors (Lipinski definition) is 2. The van der Waals surface area contributed by atoms with E-state index in [1.165, 1.54) is 6.07 Å². The van der Waals surface area contributed by atoms with E-state index in [-0.39, 0.29) is 17.7 Å². The van der Waals surface area contributed by atoms with Gasteiger partial charge in [-0.3, -0.25) is 0 Å². The molecule has 4 N–H and O–H groups in total. The summed E-state index contributed by atoms with van der Waals surface area (Å²) in [5.74, 6) is -0.0261. The zero-order valence-electron chi connectivity index (χ0n) is 12.6. The number of nitrogens with two attached hydrogens (primary N) is 2.